The maximum Gasteiger partial charge on any atom is 0.314 e. The molecule has 130 valence electrons. The number of carbonyl (C=O) groups is 2. The molecular formula is C20H20O4S. The van der Waals surface area contributed by atoms with Gasteiger partial charge in [-0.2, -0.15) is 0 Å². The lowest BCUT2D eigenvalue weighted by atomic mass is 9.96. The average molecular weight is 356 g/mol. The van der Waals surface area contributed by atoms with E-state index >= 15 is 0 Å². The number of ether oxygens (including phenoxy) is 1. The lowest BCUT2D eigenvalue weighted by Crippen LogP contribution is -2.30. The zero-order valence-electron chi connectivity index (χ0n) is 13.7. The van der Waals surface area contributed by atoms with Crippen molar-refractivity contribution in [3.05, 3.63) is 66.2 Å². The third kappa shape index (κ3) is 4.50. The van der Waals surface area contributed by atoms with Gasteiger partial charge >= 0.3 is 5.97 Å². The van der Waals surface area contributed by atoms with E-state index in [-0.39, 0.29) is 24.2 Å². The Bertz CT molecular complexity index is 717. The summed E-state index contributed by atoms with van der Waals surface area (Å²) in [5.41, 5.74) is 1.02. The fraction of sp³-hybridized carbons (Fsp3) is 0.300. The summed E-state index contributed by atoms with van der Waals surface area (Å²) in [5, 5.41) is 9.47. The highest BCUT2D eigenvalue weighted by atomic mass is 32.2. The molecule has 0 amide bonds. The van der Waals surface area contributed by atoms with Gasteiger partial charge in [-0.3, -0.25) is 9.59 Å². The number of rotatable bonds is 7. The van der Waals surface area contributed by atoms with E-state index in [0.717, 1.165) is 10.5 Å². The van der Waals surface area contributed by atoms with E-state index in [1.54, 1.807) is 11.8 Å². The molecule has 3 rings (SSSR count). The molecule has 2 aromatic rings. The number of hydrogen-bond donors (Lipinski definition) is 1. The second kappa shape index (κ2) is 8.32. The van der Waals surface area contributed by atoms with Gasteiger partial charge in [0, 0.05) is 23.0 Å². The first kappa shape index (κ1) is 17.7. The van der Waals surface area contributed by atoms with Crippen molar-refractivity contribution in [3.8, 4) is 0 Å². The fourth-order valence-electron chi connectivity index (χ4n) is 3.12. The van der Waals surface area contributed by atoms with E-state index < -0.39 is 11.9 Å². The average Bonchev–Trinajstić information content (AvgIpc) is 2.95. The molecule has 0 aromatic heterocycles. The van der Waals surface area contributed by atoms with Crippen molar-refractivity contribution in [1.82, 2.24) is 0 Å². The molecule has 0 aliphatic heterocycles. The van der Waals surface area contributed by atoms with Crippen LogP contribution in [0.2, 0.25) is 0 Å². The minimum Gasteiger partial charge on any atom is -0.481 e. The Morgan fingerprint density at radius 2 is 1.72 bits per heavy atom. The van der Waals surface area contributed by atoms with Gasteiger partial charge in [0.2, 0.25) is 0 Å². The molecule has 1 N–H and O–H groups in total. The smallest absolute Gasteiger partial charge is 0.314 e. The molecule has 0 saturated heterocycles. The van der Waals surface area contributed by atoms with Crippen LogP contribution in [0.25, 0.3) is 0 Å². The predicted octanol–water partition coefficient (Wildman–Crippen LogP) is 3.65. The summed E-state index contributed by atoms with van der Waals surface area (Å²) in [6.45, 7) is 0.387. The molecule has 1 aliphatic carbocycles. The third-order valence-electron chi connectivity index (χ3n) is 4.41. The van der Waals surface area contributed by atoms with Crippen LogP contribution in [0, 0.1) is 11.8 Å². The third-order valence-corrected chi connectivity index (χ3v) is 5.57. The molecule has 2 aromatic carbocycles. The van der Waals surface area contributed by atoms with Gasteiger partial charge in [0.05, 0.1) is 12.7 Å². The molecule has 0 bridgehead atoms. The number of aliphatic carboxylic acids is 1. The molecule has 1 saturated carbocycles. The molecule has 5 heteroatoms. The first-order chi connectivity index (χ1) is 12.1. The molecule has 4 nitrogen and oxygen atoms in total. The number of Topliss-reactive ketones (excluding diaryl/α,β-unsaturated/α-hetero) is 1. The van der Waals surface area contributed by atoms with Crippen LogP contribution in [0.4, 0.5) is 0 Å². The maximum absolute atomic E-state index is 12.2. The Hall–Kier alpha value is -2.11. The highest BCUT2D eigenvalue weighted by Gasteiger charge is 2.47. The largest absolute Gasteiger partial charge is 0.481 e. The SMILES string of the molecule is O=C(O)C1C(=O)CC(OCc2ccccc2)C1CSc1ccccc1. The molecule has 0 heterocycles. The Labute approximate surface area is 151 Å². The van der Waals surface area contributed by atoms with Gasteiger partial charge in [0.25, 0.3) is 0 Å². The molecule has 0 spiro atoms. The van der Waals surface area contributed by atoms with Crippen LogP contribution >= 0.6 is 11.8 Å². The van der Waals surface area contributed by atoms with Crippen molar-refractivity contribution < 1.29 is 19.4 Å². The normalized spacial score (nSPS) is 22.9. The van der Waals surface area contributed by atoms with Crippen LogP contribution < -0.4 is 0 Å². The van der Waals surface area contributed by atoms with E-state index in [4.69, 9.17) is 4.74 Å². The van der Waals surface area contributed by atoms with Gasteiger partial charge in [0.15, 0.2) is 0 Å². The standard InChI is InChI=1S/C20H20O4S/c21-17-11-18(24-12-14-7-3-1-4-8-14)16(19(17)20(22)23)13-25-15-9-5-2-6-10-15/h1-10,16,18-19H,11-13H2,(H,22,23). The van der Waals surface area contributed by atoms with Gasteiger partial charge in [-0.1, -0.05) is 48.5 Å². The minimum absolute atomic E-state index is 0.170. The monoisotopic (exact) mass is 356 g/mol. The highest BCUT2D eigenvalue weighted by Crippen LogP contribution is 2.36. The summed E-state index contributed by atoms with van der Waals surface area (Å²) < 4.78 is 5.94. The molecule has 1 aliphatic rings. The van der Waals surface area contributed by atoms with Crippen molar-refractivity contribution in [2.75, 3.05) is 5.75 Å². The minimum atomic E-state index is -1.05. The van der Waals surface area contributed by atoms with Crippen molar-refractivity contribution in [2.24, 2.45) is 11.8 Å². The van der Waals surface area contributed by atoms with Crippen molar-refractivity contribution in [1.29, 1.82) is 0 Å². The van der Waals surface area contributed by atoms with Gasteiger partial charge < -0.3 is 9.84 Å². The molecular weight excluding hydrogens is 336 g/mol. The summed E-state index contributed by atoms with van der Waals surface area (Å²) >= 11 is 1.57. The van der Waals surface area contributed by atoms with Crippen LogP contribution in [0.15, 0.2) is 65.6 Å². The number of carboxylic acid groups (broad SMARTS) is 1. The van der Waals surface area contributed by atoms with Crippen molar-refractivity contribution in [2.45, 2.75) is 24.0 Å². The Balaban J connectivity index is 1.68. The zero-order valence-corrected chi connectivity index (χ0v) is 14.5. The lowest BCUT2D eigenvalue weighted by molar-refractivity contribution is -0.146. The molecule has 1 fully saturated rings. The number of carbonyl (C=O) groups excluding carboxylic acids is 1. The van der Waals surface area contributed by atoms with Gasteiger partial charge in [-0.05, 0) is 17.7 Å². The summed E-state index contributed by atoms with van der Waals surface area (Å²) in [4.78, 5) is 24.8. The predicted molar refractivity (Wildman–Crippen MR) is 96.4 cm³/mol. The summed E-state index contributed by atoms with van der Waals surface area (Å²) in [7, 11) is 0. The summed E-state index contributed by atoms with van der Waals surface area (Å²) in [6, 6.07) is 19.5. The van der Waals surface area contributed by atoms with E-state index in [9.17, 15) is 14.7 Å². The second-order valence-corrected chi connectivity index (χ2v) is 7.20. The van der Waals surface area contributed by atoms with Gasteiger partial charge in [-0.25, -0.2) is 0 Å². The number of benzene rings is 2. The number of thioether (sulfide) groups is 1. The summed E-state index contributed by atoms with van der Waals surface area (Å²) in [5.74, 6) is -2.03. The first-order valence-electron chi connectivity index (χ1n) is 8.24. The first-order valence-corrected chi connectivity index (χ1v) is 9.22. The molecule has 3 unspecified atom stereocenters. The van der Waals surface area contributed by atoms with Crippen LogP contribution in [0.5, 0.6) is 0 Å². The van der Waals surface area contributed by atoms with E-state index in [0.29, 0.717) is 12.4 Å². The fourth-order valence-corrected chi connectivity index (χ4v) is 4.27. The number of carboxylic acids is 1. The van der Waals surface area contributed by atoms with Crippen LogP contribution in [0.1, 0.15) is 12.0 Å². The van der Waals surface area contributed by atoms with E-state index in [2.05, 4.69) is 0 Å². The molecule has 3 atom stereocenters. The summed E-state index contributed by atoms with van der Waals surface area (Å²) in [6.07, 6.45) is -0.186. The number of ketones is 1. The van der Waals surface area contributed by atoms with E-state index in [1.165, 1.54) is 0 Å². The van der Waals surface area contributed by atoms with E-state index in [1.807, 2.05) is 60.7 Å². The Morgan fingerprint density at radius 3 is 2.36 bits per heavy atom. The van der Waals surface area contributed by atoms with Crippen molar-refractivity contribution in [3.63, 3.8) is 0 Å². The molecule has 0 radical (unpaired) electrons. The highest BCUT2D eigenvalue weighted by molar-refractivity contribution is 7.99. The Kier molecular flexibility index (Phi) is 5.89. The van der Waals surface area contributed by atoms with Crippen LogP contribution in [-0.2, 0) is 20.9 Å². The van der Waals surface area contributed by atoms with Crippen molar-refractivity contribution >= 4 is 23.5 Å². The topological polar surface area (TPSA) is 63.6 Å². The number of hydrogen-bond acceptors (Lipinski definition) is 4. The quantitative estimate of drug-likeness (QED) is 0.606. The van der Waals surface area contributed by atoms with Crippen LogP contribution in [0.3, 0.4) is 0 Å². The molecule has 25 heavy (non-hydrogen) atoms. The maximum atomic E-state index is 12.2. The van der Waals surface area contributed by atoms with Gasteiger partial charge in [0.1, 0.15) is 11.7 Å². The second-order valence-electron chi connectivity index (χ2n) is 6.11. The van der Waals surface area contributed by atoms with Gasteiger partial charge in [-0.15, -0.1) is 11.8 Å². The van der Waals surface area contributed by atoms with Crippen LogP contribution in [-0.4, -0.2) is 28.7 Å². The zero-order chi connectivity index (χ0) is 17.6. The Morgan fingerprint density at radius 1 is 1.08 bits per heavy atom. The lowest BCUT2D eigenvalue weighted by Gasteiger charge is -2.22.